The van der Waals surface area contributed by atoms with Gasteiger partial charge in [-0.2, -0.15) is 5.10 Å². The molecule has 15 heavy (non-hydrogen) atoms. The molecule has 0 saturated heterocycles. The Kier molecular flexibility index (Phi) is 3.85. The Hall–Kier alpha value is -1.36. The molecule has 0 atom stereocenters. The normalized spacial score (nSPS) is 10.4. The van der Waals surface area contributed by atoms with E-state index in [1.807, 2.05) is 13.8 Å². The van der Waals surface area contributed by atoms with Crippen LogP contribution >= 0.6 is 0 Å². The van der Waals surface area contributed by atoms with Gasteiger partial charge in [0.05, 0.1) is 12.8 Å². The SMILES string of the molecule is CCc1cc(C(=O)N(C)OC)n(CC)n1. The van der Waals surface area contributed by atoms with Crippen LogP contribution in [0.2, 0.25) is 0 Å². The van der Waals surface area contributed by atoms with Gasteiger partial charge in [-0.3, -0.25) is 14.3 Å². The van der Waals surface area contributed by atoms with Gasteiger partial charge in [0.25, 0.3) is 5.91 Å². The standard InChI is InChI=1S/C10H17N3O2/c1-5-8-7-9(13(6-2)11-8)10(14)12(3)15-4/h7H,5-6H2,1-4H3. The van der Waals surface area contributed by atoms with Crippen LogP contribution in [-0.2, 0) is 17.8 Å². The zero-order chi connectivity index (χ0) is 11.4. The summed E-state index contributed by atoms with van der Waals surface area (Å²) in [7, 11) is 3.05. The number of aryl methyl sites for hydroxylation is 2. The fraction of sp³-hybridized carbons (Fsp3) is 0.600. The zero-order valence-corrected chi connectivity index (χ0v) is 9.65. The van der Waals surface area contributed by atoms with E-state index in [4.69, 9.17) is 4.84 Å². The molecular formula is C10H17N3O2. The number of hydrogen-bond acceptors (Lipinski definition) is 3. The maximum Gasteiger partial charge on any atom is 0.295 e. The van der Waals surface area contributed by atoms with E-state index in [0.717, 1.165) is 12.1 Å². The Bertz CT molecular complexity index is 346. The lowest BCUT2D eigenvalue weighted by Gasteiger charge is -2.13. The van der Waals surface area contributed by atoms with Crippen molar-refractivity contribution in [3.63, 3.8) is 0 Å². The molecule has 5 heteroatoms. The molecule has 0 aliphatic heterocycles. The van der Waals surface area contributed by atoms with Crippen LogP contribution in [0.1, 0.15) is 30.0 Å². The Morgan fingerprint density at radius 2 is 2.27 bits per heavy atom. The van der Waals surface area contributed by atoms with E-state index in [1.165, 1.54) is 12.2 Å². The average molecular weight is 211 g/mol. The van der Waals surface area contributed by atoms with Gasteiger partial charge in [-0.1, -0.05) is 6.92 Å². The first-order valence-corrected chi connectivity index (χ1v) is 5.02. The van der Waals surface area contributed by atoms with E-state index < -0.39 is 0 Å². The van der Waals surface area contributed by atoms with Gasteiger partial charge in [0.2, 0.25) is 0 Å². The first-order chi connectivity index (χ1) is 7.13. The predicted molar refractivity (Wildman–Crippen MR) is 56.4 cm³/mol. The lowest BCUT2D eigenvalue weighted by atomic mass is 10.3. The smallest absolute Gasteiger partial charge is 0.274 e. The lowest BCUT2D eigenvalue weighted by Crippen LogP contribution is -2.27. The van der Waals surface area contributed by atoms with Crippen molar-refractivity contribution in [1.82, 2.24) is 14.8 Å². The second kappa shape index (κ2) is 4.93. The van der Waals surface area contributed by atoms with E-state index >= 15 is 0 Å². The molecule has 0 bridgehead atoms. The highest BCUT2D eigenvalue weighted by Crippen LogP contribution is 2.08. The molecule has 0 aliphatic carbocycles. The van der Waals surface area contributed by atoms with Crippen LogP contribution < -0.4 is 0 Å². The number of aromatic nitrogens is 2. The lowest BCUT2D eigenvalue weighted by molar-refractivity contribution is -0.0763. The van der Waals surface area contributed by atoms with Crippen molar-refractivity contribution >= 4 is 5.91 Å². The molecule has 1 rings (SSSR count). The highest BCUT2D eigenvalue weighted by Gasteiger charge is 2.17. The van der Waals surface area contributed by atoms with Gasteiger partial charge >= 0.3 is 0 Å². The molecule has 1 amide bonds. The molecule has 0 saturated carbocycles. The van der Waals surface area contributed by atoms with Crippen molar-refractivity contribution in [3.05, 3.63) is 17.5 Å². The topological polar surface area (TPSA) is 47.4 Å². The van der Waals surface area contributed by atoms with Crippen LogP contribution in [0, 0.1) is 0 Å². The van der Waals surface area contributed by atoms with Crippen LogP contribution in [0.15, 0.2) is 6.07 Å². The molecule has 1 aromatic heterocycles. The van der Waals surface area contributed by atoms with Gasteiger partial charge in [-0.15, -0.1) is 0 Å². The Balaban J connectivity index is 3.01. The molecular weight excluding hydrogens is 194 g/mol. The summed E-state index contributed by atoms with van der Waals surface area (Å²) in [5.74, 6) is -0.174. The van der Waals surface area contributed by atoms with E-state index in [1.54, 1.807) is 17.8 Å². The minimum absolute atomic E-state index is 0.174. The van der Waals surface area contributed by atoms with Crippen molar-refractivity contribution in [3.8, 4) is 0 Å². The van der Waals surface area contributed by atoms with E-state index in [-0.39, 0.29) is 5.91 Å². The second-order valence-corrected chi connectivity index (χ2v) is 3.18. The van der Waals surface area contributed by atoms with E-state index in [0.29, 0.717) is 12.2 Å². The third-order valence-corrected chi connectivity index (χ3v) is 2.27. The van der Waals surface area contributed by atoms with Gasteiger partial charge in [0, 0.05) is 13.6 Å². The third-order valence-electron chi connectivity index (χ3n) is 2.27. The van der Waals surface area contributed by atoms with Crippen LogP contribution in [0.5, 0.6) is 0 Å². The zero-order valence-electron chi connectivity index (χ0n) is 9.65. The predicted octanol–water partition coefficient (Wildman–Crippen LogP) is 1.10. The molecule has 0 spiro atoms. The highest BCUT2D eigenvalue weighted by molar-refractivity contribution is 5.91. The van der Waals surface area contributed by atoms with Gasteiger partial charge in [0.15, 0.2) is 0 Å². The molecule has 84 valence electrons. The molecule has 0 fully saturated rings. The average Bonchev–Trinajstić information content (AvgIpc) is 2.69. The van der Waals surface area contributed by atoms with Crippen LogP contribution in [-0.4, -0.2) is 34.9 Å². The van der Waals surface area contributed by atoms with Crippen molar-refractivity contribution in [2.75, 3.05) is 14.2 Å². The summed E-state index contributed by atoms with van der Waals surface area (Å²) in [5.41, 5.74) is 1.49. The van der Waals surface area contributed by atoms with E-state index in [9.17, 15) is 4.79 Å². The van der Waals surface area contributed by atoms with Crippen molar-refractivity contribution < 1.29 is 9.63 Å². The monoisotopic (exact) mass is 211 g/mol. The fourth-order valence-electron chi connectivity index (χ4n) is 1.30. The number of hydroxylamine groups is 2. The van der Waals surface area contributed by atoms with Crippen LogP contribution in [0.25, 0.3) is 0 Å². The summed E-state index contributed by atoms with van der Waals surface area (Å²) in [4.78, 5) is 16.7. The summed E-state index contributed by atoms with van der Waals surface area (Å²) >= 11 is 0. The maximum absolute atomic E-state index is 11.8. The Morgan fingerprint density at radius 1 is 1.60 bits per heavy atom. The molecule has 0 aliphatic rings. The van der Waals surface area contributed by atoms with Gasteiger partial charge < -0.3 is 0 Å². The Labute approximate surface area is 89.6 Å². The molecule has 1 heterocycles. The van der Waals surface area contributed by atoms with Crippen molar-refractivity contribution in [1.29, 1.82) is 0 Å². The number of nitrogens with zero attached hydrogens (tertiary/aromatic N) is 3. The number of hydrogen-bond donors (Lipinski definition) is 0. The quantitative estimate of drug-likeness (QED) is 0.701. The highest BCUT2D eigenvalue weighted by atomic mass is 16.7. The summed E-state index contributed by atoms with van der Waals surface area (Å²) in [6.07, 6.45) is 0.823. The van der Waals surface area contributed by atoms with Crippen molar-refractivity contribution in [2.45, 2.75) is 26.8 Å². The van der Waals surface area contributed by atoms with Gasteiger partial charge in [0.1, 0.15) is 5.69 Å². The van der Waals surface area contributed by atoms with E-state index in [2.05, 4.69) is 5.10 Å². The minimum atomic E-state index is -0.174. The summed E-state index contributed by atoms with van der Waals surface area (Å²) in [5, 5.41) is 5.50. The summed E-state index contributed by atoms with van der Waals surface area (Å²) in [6.45, 7) is 4.64. The number of rotatable bonds is 4. The minimum Gasteiger partial charge on any atom is -0.274 e. The number of carbonyl (C=O) groups is 1. The second-order valence-electron chi connectivity index (χ2n) is 3.18. The fourth-order valence-corrected chi connectivity index (χ4v) is 1.30. The summed E-state index contributed by atoms with van der Waals surface area (Å²) < 4.78 is 1.69. The Morgan fingerprint density at radius 3 is 2.73 bits per heavy atom. The largest absolute Gasteiger partial charge is 0.295 e. The molecule has 0 N–H and O–H groups in total. The van der Waals surface area contributed by atoms with Crippen LogP contribution in [0.3, 0.4) is 0 Å². The molecule has 0 aromatic carbocycles. The van der Waals surface area contributed by atoms with Gasteiger partial charge in [-0.05, 0) is 19.4 Å². The van der Waals surface area contributed by atoms with Crippen molar-refractivity contribution in [2.24, 2.45) is 0 Å². The number of amides is 1. The summed E-state index contributed by atoms with van der Waals surface area (Å²) in [6, 6.07) is 1.81. The number of carbonyl (C=O) groups excluding carboxylic acids is 1. The first-order valence-electron chi connectivity index (χ1n) is 5.02. The molecule has 0 radical (unpaired) electrons. The third kappa shape index (κ3) is 2.36. The maximum atomic E-state index is 11.8. The molecule has 1 aromatic rings. The molecule has 0 unspecified atom stereocenters. The van der Waals surface area contributed by atoms with Gasteiger partial charge in [-0.25, -0.2) is 5.06 Å². The first kappa shape index (κ1) is 11.7. The molecule has 5 nitrogen and oxygen atoms in total. The van der Waals surface area contributed by atoms with Crippen LogP contribution in [0.4, 0.5) is 0 Å².